The van der Waals surface area contributed by atoms with Crippen LogP contribution in [0.3, 0.4) is 0 Å². The second kappa shape index (κ2) is 7.87. The van der Waals surface area contributed by atoms with Crippen molar-refractivity contribution in [3.05, 3.63) is 64.7 Å². The zero-order valence-corrected chi connectivity index (χ0v) is 15.7. The molecule has 2 aromatic rings. The molecule has 1 aliphatic rings. The van der Waals surface area contributed by atoms with Crippen molar-refractivity contribution < 1.29 is 9.59 Å². The molecular formula is C20H22ClN3O2. The Labute approximate surface area is 157 Å². The normalized spacial score (nSPS) is 18.0. The van der Waals surface area contributed by atoms with Crippen LogP contribution in [0.2, 0.25) is 5.02 Å². The van der Waals surface area contributed by atoms with E-state index in [-0.39, 0.29) is 30.2 Å². The van der Waals surface area contributed by atoms with E-state index >= 15 is 0 Å². The highest BCUT2D eigenvalue weighted by Crippen LogP contribution is 2.24. The monoisotopic (exact) mass is 371 g/mol. The minimum atomic E-state index is -0.376. The molecule has 0 bridgehead atoms. The number of halogens is 1. The maximum atomic E-state index is 13.0. The maximum Gasteiger partial charge on any atom is 0.237 e. The van der Waals surface area contributed by atoms with Gasteiger partial charge in [0.05, 0.1) is 5.92 Å². The van der Waals surface area contributed by atoms with Crippen molar-refractivity contribution >= 4 is 23.4 Å². The fourth-order valence-electron chi connectivity index (χ4n) is 3.11. The molecule has 1 aromatic carbocycles. The van der Waals surface area contributed by atoms with Gasteiger partial charge in [-0.1, -0.05) is 35.9 Å². The van der Waals surface area contributed by atoms with Gasteiger partial charge in [0.1, 0.15) is 5.49 Å². The molecule has 1 fully saturated rings. The Morgan fingerprint density at radius 2 is 1.96 bits per heavy atom. The number of pyridine rings is 1. The molecule has 26 heavy (non-hydrogen) atoms. The number of benzene rings is 1. The third-order valence-electron chi connectivity index (χ3n) is 4.35. The van der Waals surface area contributed by atoms with Crippen LogP contribution >= 0.6 is 11.6 Å². The van der Waals surface area contributed by atoms with E-state index in [0.717, 1.165) is 5.56 Å². The van der Waals surface area contributed by atoms with E-state index in [1.807, 2.05) is 44.2 Å². The minimum Gasteiger partial charge on any atom is -0.337 e. The number of amides is 1. The summed E-state index contributed by atoms with van der Waals surface area (Å²) in [5, 5.41) is 0.630. The topological polar surface area (TPSA) is 54.7 Å². The van der Waals surface area contributed by atoms with Crippen LogP contribution < -0.4 is 5.49 Å². The molecule has 1 aliphatic heterocycles. The number of carbonyl (C=O) groups is 2. The molecule has 136 valence electrons. The van der Waals surface area contributed by atoms with Gasteiger partial charge < -0.3 is 4.90 Å². The van der Waals surface area contributed by atoms with Gasteiger partial charge in [-0.2, -0.15) is 0 Å². The second-order valence-electron chi connectivity index (χ2n) is 6.76. The Hall–Kier alpha value is -2.40. The lowest BCUT2D eigenvalue weighted by atomic mass is 10.1. The molecule has 0 unspecified atom stereocenters. The van der Waals surface area contributed by atoms with E-state index in [2.05, 4.69) is 4.99 Å². The van der Waals surface area contributed by atoms with E-state index in [9.17, 15) is 9.59 Å². The van der Waals surface area contributed by atoms with Gasteiger partial charge in [0, 0.05) is 36.8 Å². The molecule has 0 radical (unpaired) electrons. The first-order chi connectivity index (χ1) is 12.5. The Morgan fingerprint density at radius 1 is 1.23 bits per heavy atom. The molecule has 5 nitrogen and oxygen atoms in total. The molecule has 1 atom stereocenters. The maximum absolute atomic E-state index is 13.0. The molecular weight excluding hydrogens is 350 g/mol. The molecule has 3 rings (SSSR count). The standard InChI is InChI=1S/C20H22ClN3O2/c1-14(2)22-18-9-5-6-10-24(18)20(26)16-11-19(25)23(13-16)12-15-7-3-4-8-17(15)21/h3-10,14,16H,11-13H2,1-2H3/t16-/m1/s1. The van der Waals surface area contributed by atoms with Crippen molar-refractivity contribution in [1.29, 1.82) is 0 Å². The summed E-state index contributed by atoms with van der Waals surface area (Å²) in [7, 11) is 0. The first-order valence-electron chi connectivity index (χ1n) is 8.72. The highest BCUT2D eigenvalue weighted by atomic mass is 35.5. The van der Waals surface area contributed by atoms with E-state index in [4.69, 9.17) is 11.6 Å². The summed E-state index contributed by atoms with van der Waals surface area (Å²) in [6, 6.07) is 13.0. The van der Waals surface area contributed by atoms with Crippen LogP contribution in [0.4, 0.5) is 0 Å². The van der Waals surface area contributed by atoms with Crippen molar-refractivity contribution in [2.24, 2.45) is 10.9 Å². The summed E-state index contributed by atoms with van der Waals surface area (Å²) in [4.78, 5) is 31.6. The van der Waals surface area contributed by atoms with Crippen LogP contribution in [0.5, 0.6) is 0 Å². The summed E-state index contributed by atoms with van der Waals surface area (Å²) in [5.41, 5.74) is 1.50. The molecule has 1 aromatic heterocycles. The molecule has 0 N–H and O–H groups in total. The predicted molar refractivity (Wildman–Crippen MR) is 101 cm³/mol. The predicted octanol–water partition coefficient (Wildman–Crippen LogP) is 3.14. The summed E-state index contributed by atoms with van der Waals surface area (Å²) in [6.07, 6.45) is 1.93. The van der Waals surface area contributed by atoms with Crippen molar-refractivity contribution in [1.82, 2.24) is 9.47 Å². The number of rotatable bonds is 4. The van der Waals surface area contributed by atoms with E-state index in [1.165, 1.54) is 0 Å². The van der Waals surface area contributed by atoms with Gasteiger partial charge in [-0.05, 0) is 37.6 Å². The largest absolute Gasteiger partial charge is 0.337 e. The fraction of sp³-hybridized carbons (Fsp3) is 0.350. The van der Waals surface area contributed by atoms with Crippen LogP contribution in [0.15, 0.2) is 53.7 Å². The van der Waals surface area contributed by atoms with E-state index in [0.29, 0.717) is 23.6 Å². The van der Waals surface area contributed by atoms with Crippen molar-refractivity contribution in [3.8, 4) is 0 Å². The number of hydrogen-bond acceptors (Lipinski definition) is 3. The highest BCUT2D eigenvalue weighted by Gasteiger charge is 2.35. The average Bonchev–Trinajstić information content (AvgIpc) is 2.97. The van der Waals surface area contributed by atoms with Crippen LogP contribution in [0, 0.1) is 5.92 Å². The quantitative estimate of drug-likeness (QED) is 0.829. The first kappa shape index (κ1) is 18.4. The molecule has 1 saturated heterocycles. The zero-order valence-electron chi connectivity index (χ0n) is 14.9. The second-order valence-corrected chi connectivity index (χ2v) is 7.16. The van der Waals surface area contributed by atoms with Crippen LogP contribution in [-0.2, 0) is 11.3 Å². The Bertz CT molecular complexity index is 888. The van der Waals surface area contributed by atoms with Gasteiger partial charge in [0.2, 0.25) is 11.8 Å². The number of nitrogens with zero attached hydrogens (tertiary/aromatic N) is 3. The Balaban J connectivity index is 1.79. The van der Waals surface area contributed by atoms with Gasteiger partial charge in [0.25, 0.3) is 0 Å². The summed E-state index contributed by atoms with van der Waals surface area (Å²) >= 11 is 6.19. The van der Waals surface area contributed by atoms with Crippen LogP contribution in [0.1, 0.15) is 30.6 Å². The summed E-state index contributed by atoms with van der Waals surface area (Å²) in [6.45, 7) is 4.75. The van der Waals surface area contributed by atoms with E-state index < -0.39 is 0 Å². The van der Waals surface area contributed by atoms with Gasteiger partial charge in [-0.15, -0.1) is 0 Å². The average molecular weight is 372 g/mol. The number of carbonyl (C=O) groups excluding carboxylic acids is 2. The lowest BCUT2D eigenvalue weighted by Gasteiger charge is -2.17. The minimum absolute atomic E-state index is 0.0258. The third kappa shape index (κ3) is 4.05. The van der Waals surface area contributed by atoms with Gasteiger partial charge >= 0.3 is 0 Å². The lowest BCUT2D eigenvalue weighted by Crippen LogP contribution is -2.33. The zero-order chi connectivity index (χ0) is 18.7. The smallest absolute Gasteiger partial charge is 0.237 e. The van der Waals surface area contributed by atoms with Gasteiger partial charge in [-0.3, -0.25) is 19.1 Å². The molecule has 6 heteroatoms. The van der Waals surface area contributed by atoms with Crippen molar-refractivity contribution in [2.45, 2.75) is 32.9 Å². The van der Waals surface area contributed by atoms with Crippen LogP contribution in [0.25, 0.3) is 0 Å². The van der Waals surface area contributed by atoms with Crippen molar-refractivity contribution in [2.75, 3.05) is 6.54 Å². The third-order valence-corrected chi connectivity index (χ3v) is 4.72. The molecule has 0 aliphatic carbocycles. The SMILES string of the molecule is CC(C)N=c1ccccn1C(=O)[C@@H]1CC(=O)N(Cc2ccccc2Cl)C1. The summed E-state index contributed by atoms with van der Waals surface area (Å²) < 4.78 is 1.55. The fourth-order valence-corrected chi connectivity index (χ4v) is 3.31. The van der Waals surface area contributed by atoms with Crippen molar-refractivity contribution in [3.63, 3.8) is 0 Å². The number of aromatic nitrogens is 1. The summed E-state index contributed by atoms with van der Waals surface area (Å²) in [5.74, 6) is -0.499. The van der Waals surface area contributed by atoms with E-state index in [1.54, 1.807) is 27.8 Å². The molecule has 0 saturated carbocycles. The number of hydrogen-bond donors (Lipinski definition) is 0. The van der Waals surface area contributed by atoms with Gasteiger partial charge in [-0.25, -0.2) is 0 Å². The number of likely N-dealkylation sites (tertiary alicyclic amines) is 1. The van der Waals surface area contributed by atoms with Gasteiger partial charge in [0.15, 0.2) is 0 Å². The highest BCUT2D eigenvalue weighted by molar-refractivity contribution is 6.31. The Kier molecular flexibility index (Phi) is 5.57. The molecule has 0 spiro atoms. The Morgan fingerprint density at radius 3 is 2.69 bits per heavy atom. The molecule has 1 amide bonds. The van der Waals surface area contributed by atoms with Crippen LogP contribution in [-0.4, -0.2) is 33.9 Å². The lowest BCUT2D eigenvalue weighted by molar-refractivity contribution is -0.128. The first-order valence-corrected chi connectivity index (χ1v) is 9.10. The molecule has 2 heterocycles.